The molecular weight excluding hydrogens is 383 g/mol. The number of alkyl halides is 3. The molecule has 0 saturated carbocycles. The summed E-state index contributed by atoms with van der Waals surface area (Å²) in [6.07, 6.45) is -1.11. The number of carbonyl (C=O) groups is 1. The van der Waals surface area contributed by atoms with Gasteiger partial charge in [-0.05, 0) is 60.7 Å². The summed E-state index contributed by atoms with van der Waals surface area (Å²) in [6.45, 7) is 0.345. The van der Waals surface area contributed by atoms with Gasteiger partial charge in [0.2, 0.25) is 0 Å². The highest BCUT2D eigenvalue weighted by molar-refractivity contribution is 5.94. The Hall–Kier alpha value is -2.54. The first-order valence-corrected chi connectivity index (χ1v) is 9.66. The molecule has 2 aromatic rings. The fourth-order valence-electron chi connectivity index (χ4n) is 4.09. The van der Waals surface area contributed by atoms with Gasteiger partial charge in [-0.15, -0.1) is 0 Å². The number of hydrogen-bond acceptors (Lipinski definition) is 3. The third-order valence-electron chi connectivity index (χ3n) is 5.64. The van der Waals surface area contributed by atoms with E-state index >= 15 is 0 Å². The van der Waals surface area contributed by atoms with Crippen LogP contribution in [-0.4, -0.2) is 31.8 Å². The molecule has 2 aliphatic rings. The average molecular weight is 405 g/mol. The number of fused-ring (bicyclic) bond motifs is 2. The lowest BCUT2D eigenvalue weighted by Gasteiger charge is -2.20. The molecule has 2 aromatic carbocycles. The topological polar surface area (TPSA) is 47.6 Å². The number of amides is 1. The van der Waals surface area contributed by atoms with Gasteiger partial charge in [0, 0.05) is 18.5 Å². The lowest BCUT2D eigenvalue weighted by molar-refractivity contribution is -0.137. The third kappa shape index (κ3) is 4.24. The SMILES string of the molecule is CNC(=O)c1ccc(-c2cc(OC[C@H]3C[C@@H]4CC[C@H]3O4)cc(C(F)(F)F)c2)cc1. The summed E-state index contributed by atoms with van der Waals surface area (Å²) in [5, 5.41) is 2.52. The zero-order valence-electron chi connectivity index (χ0n) is 16.0. The van der Waals surface area contributed by atoms with Crippen LogP contribution in [0.2, 0.25) is 0 Å². The largest absolute Gasteiger partial charge is 0.493 e. The molecule has 2 fully saturated rings. The molecule has 2 bridgehead atoms. The van der Waals surface area contributed by atoms with Gasteiger partial charge in [0.05, 0.1) is 24.4 Å². The van der Waals surface area contributed by atoms with Crippen LogP contribution in [-0.2, 0) is 10.9 Å². The molecule has 0 aliphatic carbocycles. The molecule has 154 valence electrons. The number of carbonyl (C=O) groups excluding carboxylic acids is 1. The normalized spacial score (nSPS) is 23.2. The van der Waals surface area contributed by atoms with Gasteiger partial charge in [-0.3, -0.25) is 4.79 Å². The molecule has 4 rings (SSSR count). The van der Waals surface area contributed by atoms with Crippen molar-refractivity contribution in [3.63, 3.8) is 0 Å². The minimum Gasteiger partial charge on any atom is -0.493 e. The van der Waals surface area contributed by atoms with Crippen LogP contribution in [0.1, 0.15) is 35.2 Å². The van der Waals surface area contributed by atoms with Crippen molar-refractivity contribution < 1.29 is 27.4 Å². The van der Waals surface area contributed by atoms with Crippen LogP contribution >= 0.6 is 0 Å². The zero-order valence-corrected chi connectivity index (χ0v) is 16.0. The van der Waals surface area contributed by atoms with Gasteiger partial charge in [-0.2, -0.15) is 13.2 Å². The first-order valence-electron chi connectivity index (χ1n) is 9.66. The van der Waals surface area contributed by atoms with Crippen molar-refractivity contribution in [3.05, 3.63) is 53.6 Å². The van der Waals surface area contributed by atoms with Crippen LogP contribution in [0.5, 0.6) is 5.75 Å². The van der Waals surface area contributed by atoms with Crippen molar-refractivity contribution in [1.29, 1.82) is 0 Å². The van der Waals surface area contributed by atoms with Crippen molar-refractivity contribution in [1.82, 2.24) is 5.32 Å². The minimum atomic E-state index is -4.48. The summed E-state index contributed by atoms with van der Waals surface area (Å²) in [5.74, 6) is 0.157. The molecular formula is C22H22F3NO3. The summed E-state index contributed by atoms with van der Waals surface area (Å²) in [4.78, 5) is 11.7. The van der Waals surface area contributed by atoms with E-state index in [0.29, 0.717) is 23.3 Å². The van der Waals surface area contributed by atoms with Gasteiger partial charge >= 0.3 is 6.18 Å². The summed E-state index contributed by atoms with van der Waals surface area (Å²) in [7, 11) is 1.52. The predicted molar refractivity (Wildman–Crippen MR) is 102 cm³/mol. The van der Waals surface area contributed by atoms with Crippen LogP contribution in [0.4, 0.5) is 13.2 Å². The van der Waals surface area contributed by atoms with Gasteiger partial charge < -0.3 is 14.8 Å². The second-order valence-corrected chi connectivity index (χ2v) is 7.58. The summed E-state index contributed by atoms with van der Waals surface area (Å²) >= 11 is 0. The first-order chi connectivity index (χ1) is 13.8. The number of halogens is 3. The quantitative estimate of drug-likeness (QED) is 0.786. The molecule has 0 aromatic heterocycles. The van der Waals surface area contributed by atoms with E-state index in [1.165, 1.54) is 7.05 Å². The second kappa shape index (κ2) is 7.71. The van der Waals surface area contributed by atoms with Crippen molar-refractivity contribution >= 4 is 5.91 Å². The van der Waals surface area contributed by atoms with E-state index in [2.05, 4.69) is 5.32 Å². The maximum Gasteiger partial charge on any atom is 0.416 e. The fourth-order valence-corrected chi connectivity index (χ4v) is 4.09. The Morgan fingerprint density at radius 1 is 1.14 bits per heavy atom. The van der Waals surface area contributed by atoms with E-state index in [1.807, 2.05) is 0 Å². The highest BCUT2D eigenvalue weighted by Crippen LogP contribution is 2.40. The van der Waals surface area contributed by atoms with Crippen molar-refractivity contribution in [3.8, 4) is 16.9 Å². The van der Waals surface area contributed by atoms with E-state index in [-0.39, 0.29) is 29.8 Å². The fraction of sp³-hybridized carbons (Fsp3) is 0.409. The van der Waals surface area contributed by atoms with Gasteiger partial charge in [0.25, 0.3) is 5.91 Å². The molecule has 3 atom stereocenters. The van der Waals surface area contributed by atoms with E-state index in [1.54, 1.807) is 30.3 Å². The van der Waals surface area contributed by atoms with E-state index < -0.39 is 11.7 Å². The predicted octanol–water partition coefficient (Wildman–Crippen LogP) is 4.68. The molecule has 2 aliphatic heterocycles. The van der Waals surface area contributed by atoms with Crippen LogP contribution < -0.4 is 10.1 Å². The summed E-state index contributed by atoms with van der Waals surface area (Å²) in [6, 6.07) is 10.2. The summed E-state index contributed by atoms with van der Waals surface area (Å²) in [5.41, 5.74) is 0.653. The van der Waals surface area contributed by atoms with Crippen LogP contribution in [0.3, 0.4) is 0 Å². The molecule has 0 spiro atoms. The summed E-state index contributed by atoms with van der Waals surface area (Å²) < 4.78 is 51.8. The number of rotatable bonds is 5. The Morgan fingerprint density at radius 2 is 1.90 bits per heavy atom. The number of hydrogen-bond donors (Lipinski definition) is 1. The van der Waals surface area contributed by atoms with Crippen molar-refractivity contribution in [2.45, 2.75) is 37.6 Å². The van der Waals surface area contributed by atoms with Crippen molar-refractivity contribution in [2.24, 2.45) is 5.92 Å². The van der Waals surface area contributed by atoms with E-state index in [4.69, 9.17) is 9.47 Å². The smallest absolute Gasteiger partial charge is 0.416 e. The lowest BCUT2D eigenvalue weighted by Crippen LogP contribution is -2.23. The lowest BCUT2D eigenvalue weighted by atomic mass is 9.90. The van der Waals surface area contributed by atoms with E-state index in [0.717, 1.165) is 31.4 Å². The monoisotopic (exact) mass is 405 g/mol. The first kappa shape index (κ1) is 19.8. The Morgan fingerprint density at radius 3 is 2.48 bits per heavy atom. The Labute approximate surface area is 167 Å². The van der Waals surface area contributed by atoms with Crippen LogP contribution in [0.15, 0.2) is 42.5 Å². The molecule has 1 N–H and O–H groups in total. The Kier molecular flexibility index (Phi) is 5.25. The minimum absolute atomic E-state index is 0.155. The van der Waals surface area contributed by atoms with Gasteiger partial charge in [0.1, 0.15) is 5.75 Å². The molecule has 2 heterocycles. The standard InChI is InChI=1S/C22H22F3NO3/c1-26-21(27)14-4-2-13(3-5-14)15-8-17(22(23,24)25)11-19(9-15)28-12-16-10-18-6-7-20(16)29-18/h2-5,8-9,11,16,18,20H,6-7,10,12H2,1H3,(H,26,27)/t16-,18+,20-/m1/s1. The maximum absolute atomic E-state index is 13.4. The molecule has 7 heteroatoms. The number of benzene rings is 2. The molecule has 4 nitrogen and oxygen atoms in total. The van der Waals surface area contributed by atoms with Gasteiger partial charge in [-0.1, -0.05) is 12.1 Å². The molecule has 29 heavy (non-hydrogen) atoms. The van der Waals surface area contributed by atoms with Gasteiger partial charge in [0.15, 0.2) is 0 Å². The number of nitrogens with one attached hydrogen (secondary N) is 1. The van der Waals surface area contributed by atoms with Crippen molar-refractivity contribution in [2.75, 3.05) is 13.7 Å². The van der Waals surface area contributed by atoms with Crippen LogP contribution in [0, 0.1) is 5.92 Å². The maximum atomic E-state index is 13.4. The number of ether oxygens (including phenoxy) is 2. The average Bonchev–Trinajstić information content (AvgIpc) is 3.34. The Bertz CT molecular complexity index is 895. The molecule has 0 radical (unpaired) electrons. The van der Waals surface area contributed by atoms with E-state index in [9.17, 15) is 18.0 Å². The molecule has 1 amide bonds. The van der Waals surface area contributed by atoms with Crippen LogP contribution in [0.25, 0.3) is 11.1 Å². The molecule has 0 unspecified atom stereocenters. The van der Waals surface area contributed by atoms with Gasteiger partial charge in [-0.25, -0.2) is 0 Å². The Balaban J connectivity index is 1.58. The second-order valence-electron chi connectivity index (χ2n) is 7.58. The molecule has 2 saturated heterocycles. The third-order valence-corrected chi connectivity index (χ3v) is 5.64. The zero-order chi connectivity index (χ0) is 20.6. The highest BCUT2D eigenvalue weighted by atomic mass is 19.4. The highest BCUT2D eigenvalue weighted by Gasteiger charge is 2.41.